The highest BCUT2D eigenvalue weighted by Gasteiger charge is 2.38. The lowest BCUT2D eigenvalue weighted by molar-refractivity contribution is -0.122. The highest BCUT2D eigenvalue weighted by Crippen LogP contribution is 2.44. The molecule has 0 aromatic heterocycles. The molecule has 6 heteroatoms. The number of Topliss-reactive ketones (excluding diaryl/α,β-unsaturated/α-hetero) is 1. The minimum Gasteiger partial charge on any atom is -0.508 e. The van der Waals surface area contributed by atoms with Gasteiger partial charge in [-0.25, -0.2) is 0 Å². The van der Waals surface area contributed by atoms with Crippen molar-refractivity contribution in [1.29, 1.82) is 0 Å². The van der Waals surface area contributed by atoms with E-state index >= 15 is 0 Å². The summed E-state index contributed by atoms with van der Waals surface area (Å²) in [5.41, 5.74) is 3.10. The Hall–Kier alpha value is -3.28. The fourth-order valence-electron chi connectivity index (χ4n) is 4.33. The molecule has 0 saturated heterocycles. The Morgan fingerprint density at radius 1 is 0.931 bits per heavy atom. The van der Waals surface area contributed by atoms with Crippen LogP contribution in [0.2, 0.25) is 0 Å². The molecular weight excluding hydrogens is 370 g/mol. The van der Waals surface area contributed by atoms with Gasteiger partial charge in [0.05, 0.1) is 14.2 Å². The smallest absolute Gasteiger partial charge is 0.225 e. The summed E-state index contributed by atoms with van der Waals surface area (Å²) in [5, 5.41) is 12.7. The Labute approximate surface area is 169 Å². The number of ether oxygens (including phenoxy) is 2. The Morgan fingerprint density at radius 3 is 2.45 bits per heavy atom. The monoisotopic (exact) mass is 393 g/mol. The third kappa shape index (κ3) is 3.58. The minimum absolute atomic E-state index is 0.0272. The largest absolute Gasteiger partial charge is 0.508 e. The van der Waals surface area contributed by atoms with Gasteiger partial charge in [0.15, 0.2) is 17.3 Å². The van der Waals surface area contributed by atoms with E-state index in [1.165, 1.54) is 0 Å². The van der Waals surface area contributed by atoms with Crippen molar-refractivity contribution in [2.24, 2.45) is 0 Å². The fraction of sp³-hybridized carbons (Fsp3) is 0.304. The molecule has 0 bridgehead atoms. The van der Waals surface area contributed by atoms with Crippen molar-refractivity contribution in [3.05, 3.63) is 64.9 Å². The van der Waals surface area contributed by atoms with Gasteiger partial charge >= 0.3 is 0 Å². The van der Waals surface area contributed by atoms with Gasteiger partial charge in [0, 0.05) is 30.0 Å². The minimum atomic E-state index is -0.329. The molecule has 4 rings (SSSR count). The van der Waals surface area contributed by atoms with Crippen LogP contribution in [0.5, 0.6) is 17.2 Å². The van der Waals surface area contributed by atoms with Crippen LogP contribution in [-0.4, -0.2) is 31.0 Å². The molecule has 150 valence electrons. The van der Waals surface area contributed by atoms with Crippen LogP contribution in [0.1, 0.15) is 42.2 Å². The van der Waals surface area contributed by atoms with Crippen LogP contribution >= 0.6 is 0 Å². The van der Waals surface area contributed by atoms with Crippen LogP contribution in [0.25, 0.3) is 0 Å². The van der Waals surface area contributed by atoms with Gasteiger partial charge in [-0.1, -0.05) is 18.2 Å². The zero-order chi connectivity index (χ0) is 20.5. The summed E-state index contributed by atoms with van der Waals surface area (Å²) in [4.78, 5) is 25.5. The Kier molecular flexibility index (Phi) is 5.01. The highest BCUT2D eigenvalue weighted by atomic mass is 16.5. The molecule has 0 unspecified atom stereocenters. The molecule has 6 nitrogen and oxygen atoms in total. The first-order valence-electron chi connectivity index (χ1n) is 9.57. The van der Waals surface area contributed by atoms with Gasteiger partial charge in [-0.2, -0.15) is 0 Å². The molecule has 1 amide bonds. The van der Waals surface area contributed by atoms with E-state index < -0.39 is 0 Å². The molecule has 0 saturated carbocycles. The van der Waals surface area contributed by atoms with Crippen molar-refractivity contribution in [1.82, 2.24) is 5.32 Å². The van der Waals surface area contributed by atoms with E-state index in [9.17, 15) is 14.7 Å². The van der Waals surface area contributed by atoms with Crippen LogP contribution in [0.4, 0.5) is 0 Å². The maximum Gasteiger partial charge on any atom is 0.225 e. The molecule has 2 N–H and O–H groups in total. The summed E-state index contributed by atoms with van der Waals surface area (Å²) >= 11 is 0. The Morgan fingerprint density at radius 2 is 1.72 bits per heavy atom. The van der Waals surface area contributed by atoms with Crippen molar-refractivity contribution < 1.29 is 24.2 Å². The van der Waals surface area contributed by atoms with Crippen LogP contribution < -0.4 is 14.8 Å². The van der Waals surface area contributed by atoms with E-state index in [-0.39, 0.29) is 35.7 Å². The van der Waals surface area contributed by atoms with E-state index in [4.69, 9.17) is 9.47 Å². The number of carbonyl (C=O) groups is 2. The molecule has 1 aliphatic heterocycles. The Bertz CT molecular complexity index is 1010. The van der Waals surface area contributed by atoms with Gasteiger partial charge in [-0.3, -0.25) is 9.59 Å². The number of allylic oxidation sites excluding steroid dienone is 2. The first kappa shape index (κ1) is 19.1. The summed E-state index contributed by atoms with van der Waals surface area (Å²) in [5.74, 6) is 0.907. The lowest BCUT2D eigenvalue weighted by atomic mass is 9.73. The quantitative estimate of drug-likeness (QED) is 0.832. The topological polar surface area (TPSA) is 84.9 Å². The predicted octanol–water partition coefficient (Wildman–Crippen LogP) is 3.41. The number of nitrogens with one attached hydrogen (secondary N) is 1. The molecular formula is C23H23NO5. The van der Waals surface area contributed by atoms with Crippen LogP contribution in [0.3, 0.4) is 0 Å². The second-order valence-electron chi connectivity index (χ2n) is 7.43. The maximum atomic E-state index is 13.1. The summed E-state index contributed by atoms with van der Waals surface area (Å²) in [7, 11) is 3.16. The molecule has 2 atom stereocenters. The summed E-state index contributed by atoms with van der Waals surface area (Å²) in [6.45, 7) is 0. The molecule has 2 aliphatic rings. The molecule has 0 spiro atoms. The normalized spacial score (nSPS) is 21.4. The lowest BCUT2D eigenvalue weighted by Crippen LogP contribution is -2.38. The third-order valence-corrected chi connectivity index (χ3v) is 5.69. The van der Waals surface area contributed by atoms with Gasteiger partial charge in [-0.15, -0.1) is 0 Å². The van der Waals surface area contributed by atoms with E-state index in [0.717, 1.165) is 11.1 Å². The van der Waals surface area contributed by atoms with Crippen molar-refractivity contribution >= 4 is 11.7 Å². The number of phenolic OH excluding ortho intramolecular Hbond substituents is 1. The number of benzene rings is 2. The van der Waals surface area contributed by atoms with Crippen molar-refractivity contribution in [2.75, 3.05) is 14.2 Å². The molecule has 0 fully saturated rings. The second kappa shape index (κ2) is 7.62. The average molecular weight is 393 g/mol. The number of amides is 1. The third-order valence-electron chi connectivity index (χ3n) is 5.69. The summed E-state index contributed by atoms with van der Waals surface area (Å²) in [6, 6.07) is 12.4. The predicted molar refractivity (Wildman–Crippen MR) is 107 cm³/mol. The van der Waals surface area contributed by atoms with Crippen LogP contribution in [-0.2, 0) is 9.59 Å². The number of rotatable bonds is 4. The summed E-state index contributed by atoms with van der Waals surface area (Å²) < 4.78 is 10.7. The number of ketones is 1. The second-order valence-corrected chi connectivity index (χ2v) is 7.43. The standard InChI is InChI=1S/C23H23NO5/c1-28-20-7-6-13(11-21(20)29-2)15-9-18-23(19(26)10-15)17(12-22(27)24-18)14-4-3-5-16(25)8-14/h3-8,11,15,17,25H,9-10,12H2,1-2H3,(H,24,27)/t15-,17-/m1/s1. The first-order chi connectivity index (χ1) is 14.0. The molecule has 2 aromatic rings. The average Bonchev–Trinajstić information content (AvgIpc) is 2.72. The summed E-state index contributed by atoms with van der Waals surface area (Å²) in [6.07, 6.45) is 1.13. The Balaban J connectivity index is 1.70. The van der Waals surface area contributed by atoms with Gasteiger partial charge in [0.2, 0.25) is 5.91 Å². The highest BCUT2D eigenvalue weighted by molar-refractivity contribution is 6.02. The van der Waals surface area contributed by atoms with Crippen LogP contribution in [0.15, 0.2) is 53.7 Å². The van der Waals surface area contributed by atoms with Gasteiger partial charge in [-0.05, 0) is 47.7 Å². The fourth-order valence-corrected chi connectivity index (χ4v) is 4.33. The molecule has 0 radical (unpaired) electrons. The molecule has 29 heavy (non-hydrogen) atoms. The van der Waals surface area contributed by atoms with Gasteiger partial charge < -0.3 is 19.9 Å². The molecule has 2 aromatic carbocycles. The van der Waals surface area contributed by atoms with Crippen LogP contribution in [0, 0.1) is 0 Å². The van der Waals surface area contributed by atoms with E-state index in [1.807, 2.05) is 24.3 Å². The lowest BCUT2D eigenvalue weighted by Gasteiger charge is -2.34. The van der Waals surface area contributed by atoms with E-state index in [2.05, 4.69) is 5.32 Å². The van der Waals surface area contributed by atoms with Crippen molar-refractivity contribution in [2.45, 2.75) is 31.1 Å². The SMILES string of the molecule is COc1ccc([C@H]2CC(=O)C3=C(C2)NC(=O)C[C@@H]3c2cccc(O)c2)cc1OC. The number of hydrogen-bond donors (Lipinski definition) is 2. The number of phenols is 1. The molecule has 1 aliphatic carbocycles. The number of methoxy groups -OCH3 is 2. The van der Waals surface area contributed by atoms with Gasteiger partial charge in [0.1, 0.15) is 5.75 Å². The molecule has 1 heterocycles. The number of carbonyl (C=O) groups excluding carboxylic acids is 2. The zero-order valence-electron chi connectivity index (χ0n) is 16.4. The first-order valence-corrected chi connectivity index (χ1v) is 9.57. The van der Waals surface area contributed by atoms with E-state index in [1.54, 1.807) is 32.4 Å². The number of aromatic hydroxyl groups is 1. The van der Waals surface area contributed by atoms with Gasteiger partial charge in [0.25, 0.3) is 0 Å². The van der Waals surface area contributed by atoms with Crippen molar-refractivity contribution in [3.63, 3.8) is 0 Å². The van der Waals surface area contributed by atoms with Crippen molar-refractivity contribution in [3.8, 4) is 17.2 Å². The maximum absolute atomic E-state index is 13.1. The van der Waals surface area contributed by atoms with E-state index in [0.29, 0.717) is 35.6 Å². The zero-order valence-corrected chi connectivity index (χ0v) is 16.4. The number of hydrogen-bond acceptors (Lipinski definition) is 5.